The van der Waals surface area contributed by atoms with Crippen LogP contribution in [0, 0.1) is 0 Å². The first-order valence-electron chi connectivity index (χ1n) is 6.34. The highest BCUT2D eigenvalue weighted by Crippen LogP contribution is 2.11. The number of para-hydroxylation sites is 1. The van der Waals surface area contributed by atoms with Crippen molar-refractivity contribution in [3.05, 3.63) is 30.3 Å². The summed E-state index contributed by atoms with van der Waals surface area (Å²) in [5.41, 5.74) is 0.741. The fourth-order valence-corrected chi connectivity index (χ4v) is 3.82. The third-order valence-corrected chi connectivity index (χ3v) is 4.89. The molecule has 104 valence electrons. The molecule has 19 heavy (non-hydrogen) atoms. The minimum atomic E-state index is -2.93. The van der Waals surface area contributed by atoms with E-state index in [-0.39, 0.29) is 30.0 Å². The number of sulfone groups is 1. The lowest BCUT2D eigenvalue weighted by Crippen LogP contribution is -2.43. The van der Waals surface area contributed by atoms with Gasteiger partial charge in [0.05, 0.1) is 18.1 Å². The molecule has 0 bridgehead atoms. The molecule has 6 heteroatoms. The number of rotatable bonds is 4. The number of hydrogen-bond acceptors (Lipinski definition) is 4. The van der Waals surface area contributed by atoms with E-state index in [1.54, 1.807) is 0 Å². The second kappa shape index (κ2) is 6.16. The number of benzene rings is 1. The largest absolute Gasteiger partial charge is 0.325 e. The van der Waals surface area contributed by atoms with Crippen LogP contribution in [0.4, 0.5) is 5.69 Å². The van der Waals surface area contributed by atoms with E-state index in [0.29, 0.717) is 6.42 Å². The smallest absolute Gasteiger partial charge is 0.238 e. The molecular formula is C13H18N2O3S. The molecule has 1 saturated heterocycles. The molecule has 1 heterocycles. The SMILES string of the molecule is O=C(CNC1CCCS(=O)(=O)C1)Nc1ccccc1. The van der Waals surface area contributed by atoms with Crippen LogP contribution in [0.25, 0.3) is 0 Å². The van der Waals surface area contributed by atoms with Gasteiger partial charge in [-0.3, -0.25) is 4.79 Å². The van der Waals surface area contributed by atoms with E-state index in [2.05, 4.69) is 10.6 Å². The maximum Gasteiger partial charge on any atom is 0.238 e. The average Bonchev–Trinajstić information content (AvgIpc) is 2.36. The highest BCUT2D eigenvalue weighted by Gasteiger charge is 2.24. The molecular weight excluding hydrogens is 264 g/mol. The summed E-state index contributed by atoms with van der Waals surface area (Å²) in [6, 6.07) is 9.07. The van der Waals surface area contributed by atoms with Gasteiger partial charge in [-0.25, -0.2) is 8.42 Å². The van der Waals surface area contributed by atoms with E-state index in [0.717, 1.165) is 12.1 Å². The van der Waals surface area contributed by atoms with E-state index in [1.165, 1.54) is 0 Å². The standard InChI is InChI=1S/C13H18N2O3S/c16-13(15-11-5-2-1-3-6-11)9-14-12-7-4-8-19(17,18)10-12/h1-3,5-6,12,14H,4,7-10H2,(H,15,16). The van der Waals surface area contributed by atoms with Gasteiger partial charge in [0.25, 0.3) is 0 Å². The van der Waals surface area contributed by atoms with Crippen LogP contribution in [-0.4, -0.2) is 38.4 Å². The van der Waals surface area contributed by atoms with Crippen LogP contribution in [0.1, 0.15) is 12.8 Å². The van der Waals surface area contributed by atoms with Crippen molar-refractivity contribution in [2.45, 2.75) is 18.9 Å². The van der Waals surface area contributed by atoms with E-state index in [1.807, 2.05) is 30.3 Å². The molecule has 0 aromatic heterocycles. The quantitative estimate of drug-likeness (QED) is 0.856. The topological polar surface area (TPSA) is 75.3 Å². The molecule has 1 amide bonds. The fraction of sp³-hybridized carbons (Fsp3) is 0.462. The first-order valence-corrected chi connectivity index (χ1v) is 8.16. The van der Waals surface area contributed by atoms with E-state index in [4.69, 9.17) is 0 Å². The van der Waals surface area contributed by atoms with Crippen LogP contribution in [0.5, 0.6) is 0 Å². The van der Waals surface area contributed by atoms with Gasteiger partial charge < -0.3 is 10.6 Å². The van der Waals surface area contributed by atoms with Crippen molar-refractivity contribution in [2.75, 3.05) is 23.4 Å². The Kier molecular flexibility index (Phi) is 4.55. The number of carbonyl (C=O) groups is 1. The van der Waals surface area contributed by atoms with Gasteiger partial charge in [0.1, 0.15) is 0 Å². The summed E-state index contributed by atoms with van der Waals surface area (Å²) in [5.74, 6) is 0.238. The highest BCUT2D eigenvalue weighted by molar-refractivity contribution is 7.91. The van der Waals surface area contributed by atoms with Crippen LogP contribution in [-0.2, 0) is 14.6 Å². The molecule has 0 saturated carbocycles. The number of nitrogens with one attached hydrogen (secondary N) is 2. The van der Waals surface area contributed by atoms with Crippen molar-refractivity contribution >= 4 is 21.4 Å². The van der Waals surface area contributed by atoms with Crippen molar-refractivity contribution in [3.63, 3.8) is 0 Å². The molecule has 2 rings (SSSR count). The molecule has 2 N–H and O–H groups in total. The van der Waals surface area contributed by atoms with Crippen molar-refractivity contribution in [2.24, 2.45) is 0 Å². The van der Waals surface area contributed by atoms with Crippen LogP contribution in [0.3, 0.4) is 0 Å². The summed E-state index contributed by atoms with van der Waals surface area (Å²) in [7, 11) is -2.93. The second-order valence-electron chi connectivity index (χ2n) is 4.75. The van der Waals surface area contributed by atoms with Crippen molar-refractivity contribution in [3.8, 4) is 0 Å². The van der Waals surface area contributed by atoms with Gasteiger partial charge in [-0.15, -0.1) is 0 Å². The lowest BCUT2D eigenvalue weighted by Gasteiger charge is -2.22. The molecule has 0 aliphatic carbocycles. The minimum Gasteiger partial charge on any atom is -0.325 e. The average molecular weight is 282 g/mol. The zero-order chi connectivity index (χ0) is 13.7. The first kappa shape index (κ1) is 14.0. The van der Waals surface area contributed by atoms with Gasteiger partial charge in [0.2, 0.25) is 5.91 Å². The fourth-order valence-electron chi connectivity index (χ4n) is 2.15. The Morgan fingerprint density at radius 2 is 2.00 bits per heavy atom. The van der Waals surface area contributed by atoms with Crippen molar-refractivity contribution < 1.29 is 13.2 Å². The summed E-state index contributed by atoms with van der Waals surface area (Å²) in [6.07, 6.45) is 1.47. The van der Waals surface area contributed by atoms with Crippen LogP contribution in [0.15, 0.2) is 30.3 Å². The van der Waals surface area contributed by atoms with Crippen LogP contribution in [0.2, 0.25) is 0 Å². The Bertz CT molecular complexity index is 528. The molecule has 1 aliphatic heterocycles. The molecule has 0 radical (unpaired) electrons. The van der Waals surface area contributed by atoms with Gasteiger partial charge in [0, 0.05) is 11.7 Å². The van der Waals surface area contributed by atoms with Crippen molar-refractivity contribution in [1.82, 2.24) is 5.32 Å². The molecule has 1 fully saturated rings. The third-order valence-electron chi connectivity index (χ3n) is 3.07. The third kappa shape index (κ3) is 4.65. The molecule has 1 aliphatic rings. The molecule has 1 atom stereocenters. The molecule has 5 nitrogen and oxygen atoms in total. The summed E-state index contributed by atoms with van der Waals surface area (Å²) >= 11 is 0. The molecule has 1 aromatic carbocycles. The number of hydrogen-bond donors (Lipinski definition) is 2. The minimum absolute atomic E-state index is 0.111. The Labute approximate surface area is 113 Å². The lowest BCUT2D eigenvalue weighted by molar-refractivity contribution is -0.115. The molecule has 0 spiro atoms. The monoisotopic (exact) mass is 282 g/mol. The van der Waals surface area contributed by atoms with Crippen LogP contribution < -0.4 is 10.6 Å². The Balaban J connectivity index is 1.78. The zero-order valence-corrected chi connectivity index (χ0v) is 11.4. The maximum atomic E-state index is 11.7. The van der Waals surface area contributed by atoms with E-state index >= 15 is 0 Å². The maximum absolute atomic E-state index is 11.7. The van der Waals surface area contributed by atoms with Crippen molar-refractivity contribution in [1.29, 1.82) is 0 Å². The first-order chi connectivity index (χ1) is 9.05. The van der Waals surface area contributed by atoms with Gasteiger partial charge in [-0.05, 0) is 25.0 Å². The summed E-state index contributed by atoms with van der Waals surface area (Å²) < 4.78 is 22.9. The van der Waals surface area contributed by atoms with Gasteiger partial charge in [-0.2, -0.15) is 0 Å². The normalized spacial score (nSPS) is 21.8. The van der Waals surface area contributed by atoms with Gasteiger partial charge >= 0.3 is 0 Å². The Morgan fingerprint density at radius 3 is 2.68 bits per heavy atom. The molecule has 1 unspecified atom stereocenters. The highest BCUT2D eigenvalue weighted by atomic mass is 32.2. The Hall–Kier alpha value is -1.40. The summed E-state index contributed by atoms with van der Waals surface area (Å²) in [6.45, 7) is 0.134. The predicted molar refractivity (Wildman–Crippen MR) is 74.8 cm³/mol. The number of carbonyl (C=O) groups excluding carboxylic acids is 1. The Morgan fingerprint density at radius 1 is 1.26 bits per heavy atom. The van der Waals surface area contributed by atoms with E-state index < -0.39 is 9.84 Å². The second-order valence-corrected chi connectivity index (χ2v) is 6.98. The lowest BCUT2D eigenvalue weighted by atomic mass is 10.2. The molecule has 1 aromatic rings. The summed E-state index contributed by atoms with van der Waals surface area (Å²) in [4.78, 5) is 11.7. The predicted octanol–water partition coefficient (Wildman–Crippen LogP) is 0.792. The van der Waals surface area contributed by atoms with Gasteiger partial charge in [0.15, 0.2) is 9.84 Å². The summed E-state index contributed by atoms with van der Waals surface area (Å²) in [5, 5.41) is 5.76. The van der Waals surface area contributed by atoms with Gasteiger partial charge in [-0.1, -0.05) is 18.2 Å². The number of anilines is 1. The van der Waals surface area contributed by atoms with Crippen LogP contribution >= 0.6 is 0 Å². The van der Waals surface area contributed by atoms with E-state index in [9.17, 15) is 13.2 Å². The zero-order valence-electron chi connectivity index (χ0n) is 10.6. The number of amides is 1.